The number of benzene rings is 1. The molecule has 0 N–H and O–H groups in total. The molecule has 2 aromatic rings. The SMILES string of the molecule is CCSC1=C(C(=O)c2ccc3c(c2C)c(=O)n(C2CCCC2)c(=O)n3C)C(=O)CCC1. The van der Waals surface area contributed by atoms with Crippen molar-refractivity contribution in [3.63, 3.8) is 0 Å². The lowest BCUT2D eigenvalue weighted by molar-refractivity contribution is -0.115. The molecule has 4 rings (SSSR count). The van der Waals surface area contributed by atoms with E-state index in [2.05, 4.69) is 0 Å². The Morgan fingerprint density at radius 2 is 1.81 bits per heavy atom. The van der Waals surface area contributed by atoms with Crippen LogP contribution in [0.5, 0.6) is 0 Å². The summed E-state index contributed by atoms with van der Waals surface area (Å²) in [4.78, 5) is 53.4. The molecule has 1 aromatic heterocycles. The lowest BCUT2D eigenvalue weighted by Crippen LogP contribution is -2.41. The Morgan fingerprint density at radius 1 is 1.10 bits per heavy atom. The first-order valence-corrected chi connectivity index (χ1v) is 12.0. The maximum Gasteiger partial charge on any atom is 0.331 e. The van der Waals surface area contributed by atoms with Gasteiger partial charge in [0.05, 0.1) is 16.5 Å². The number of rotatable bonds is 5. The van der Waals surface area contributed by atoms with Crippen molar-refractivity contribution in [2.75, 3.05) is 5.75 Å². The molecular weight excluding hydrogens is 412 g/mol. The van der Waals surface area contributed by atoms with E-state index in [1.807, 2.05) is 6.92 Å². The van der Waals surface area contributed by atoms with Crippen molar-refractivity contribution >= 4 is 34.2 Å². The van der Waals surface area contributed by atoms with Crippen LogP contribution in [-0.4, -0.2) is 26.5 Å². The van der Waals surface area contributed by atoms with Gasteiger partial charge < -0.3 is 0 Å². The molecule has 1 fully saturated rings. The van der Waals surface area contributed by atoms with Gasteiger partial charge in [0.15, 0.2) is 11.6 Å². The summed E-state index contributed by atoms with van der Waals surface area (Å²) in [5.41, 5.74) is 1.08. The third-order valence-electron chi connectivity index (χ3n) is 6.58. The highest BCUT2D eigenvalue weighted by Crippen LogP contribution is 2.34. The summed E-state index contributed by atoms with van der Waals surface area (Å²) in [5.74, 6) is 0.376. The van der Waals surface area contributed by atoms with Gasteiger partial charge in [-0.2, -0.15) is 0 Å². The summed E-state index contributed by atoms with van der Waals surface area (Å²) in [6, 6.07) is 3.23. The number of hydrogen-bond donors (Lipinski definition) is 0. The zero-order chi connectivity index (χ0) is 22.3. The van der Waals surface area contributed by atoms with Gasteiger partial charge >= 0.3 is 5.69 Å². The zero-order valence-corrected chi connectivity index (χ0v) is 19.1. The molecule has 31 heavy (non-hydrogen) atoms. The van der Waals surface area contributed by atoms with E-state index in [1.54, 1.807) is 37.9 Å². The van der Waals surface area contributed by atoms with Gasteiger partial charge in [-0.1, -0.05) is 19.8 Å². The van der Waals surface area contributed by atoms with E-state index < -0.39 is 0 Å². The fourth-order valence-corrected chi connectivity index (χ4v) is 5.96. The Bertz CT molecular complexity index is 1230. The van der Waals surface area contributed by atoms with Crippen LogP contribution in [0.4, 0.5) is 0 Å². The normalized spacial score (nSPS) is 17.7. The van der Waals surface area contributed by atoms with E-state index in [1.165, 1.54) is 9.13 Å². The van der Waals surface area contributed by atoms with Gasteiger partial charge in [0.2, 0.25) is 0 Å². The van der Waals surface area contributed by atoms with E-state index in [0.717, 1.165) is 49.2 Å². The van der Waals surface area contributed by atoms with Crippen molar-refractivity contribution in [1.82, 2.24) is 9.13 Å². The van der Waals surface area contributed by atoms with Crippen molar-refractivity contribution in [2.24, 2.45) is 7.05 Å². The predicted octanol–water partition coefficient (Wildman–Crippen LogP) is 4.07. The Kier molecular flexibility index (Phi) is 6.06. The zero-order valence-electron chi connectivity index (χ0n) is 18.3. The van der Waals surface area contributed by atoms with E-state index in [-0.39, 0.29) is 34.4 Å². The molecule has 164 valence electrons. The van der Waals surface area contributed by atoms with Crippen LogP contribution in [0.2, 0.25) is 0 Å². The van der Waals surface area contributed by atoms with Gasteiger partial charge in [0.1, 0.15) is 0 Å². The van der Waals surface area contributed by atoms with Gasteiger partial charge in [0, 0.05) is 25.1 Å². The number of carbonyl (C=O) groups excluding carboxylic acids is 2. The molecule has 0 unspecified atom stereocenters. The number of fused-ring (bicyclic) bond motifs is 1. The van der Waals surface area contributed by atoms with Gasteiger partial charge in [0.25, 0.3) is 5.56 Å². The molecule has 2 aliphatic carbocycles. The number of aromatic nitrogens is 2. The molecule has 0 aliphatic heterocycles. The number of ketones is 2. The van der Waals surface area contributed by atoms with Gasteiger partial charge in [-0.25, -0.2) is 4.79 Å². The smallest absolute Gasteiger partial charge is 0.296 e. The molecule has 1 heterocycles. The van der Waals surface area contributed by atoms with Gasteiger partial charge in [-0.3, -0.25) is 23.5 Å². The first-order chi connectivity index (χ1) is 14.9. The van der Waals surface area contributed by atoms with Gasteiger partial charge in [-0.05, 0) is 61.0 Å². The largest absolute Gasteiger partial charge is 0.331 e. The first kappa shape index (κ1) is 21.8. The predicted molar refractivity (Wildman–Crippen MR) is 124 cm³/mol. The highest BCUT2D eigenvalue weighted by Gasteiger charge is 2.30. The van der Waals surface area contributed by atoms with Crippen LogP contribution in [0.3, 0.4) is 0 Å². The summed E-state index contributed by atoms with van der Waals surface area (Å²) in [6.45, 7) is 3.76. The summed E-state index contributed by atoms with van der Waals surface area (Å²) < 4.78 is 2.87. The molecule has 0 saturated heterocycles. The van der Waals surface area contributed by atoms with Crippen molar-refractivity contribution in [3.05, 3.63) is 54.6 Å². The third kappa shape index (κ3) is 3.63. The van der Waals surface area contributed by atoms with E-state index >= 15 is 0 Å². The lowest BCUT2D eigenvalue weighted by Gasteiger charge is -2.20. The quantitative estimate of drug-likeness (QED) is 0.517. The summed E-state index contributed by atoms with van der Waals surface area (Å²) >= 11 is 1.55. The van der Waals surface area contributed by atoms with Crippen molar-refractivity contribution in [3.8, 4) is 0 Å². The first-order valence-electron chi connectivity index (χ1n) is 11.1. The molecule has 2 aliphatic rings. The maximum absolute atomic E-state index is 13.5. The Morgan fingerprint density at radius 3 is 2.48 bits per heavy atom. The number of nitrogens with zero attached hydrogens (tertiary/aromatic N) is 2. The van der Waals surface area contributed by atoms with Crippen molar-refractivity contribution in [2.45, 2.75) is 64.8 Å². The maximum atomic E-state index is 13.5. The minimum atomic E-state index is -0.329. The molecule has 0 amide bonds. The summed E-state index contributed by atoms with van der Waals surface area (Å²) in [5, 5.41) is 0.397. The average molecular weight is 441 g/mol. The topological polar surface area (TPSA) is 78.1 Å². The van der Waals surface area contributed by atoms with Crippen molar-refractivity contribution in [1.29, 1.82) is 0 Å². The minimum Gasteiger partial charge on any atom is -0.296 e. The van der Waals surface area contributed by atoms with Crippen LogP contribution in [0.15, 0.2) is 32.2 Å². The van der Waals surface area contributed by atoms with Crippen LogP contribution >= 0.6 is 11.8 Å². The van der Waals surface area contributed by atoms with E-state index in [9.17, 15) is 19.2 Å². The van der Waals surface area contributed by atoms with Crippen LogP contribution in [-0.2, 0) is 11.8 Å². The third-order valence-corrected chi connectivity index (χ3v) is 7.62. The molecule has 1 saturated carbocycles. The van der Waals surface area contributed by atoms with Gasteiger partial charge in [-0.15, -0.1) is 11.8 Å². The number of allylic oxidation sites excluding steroid dienone is 2. The molecule has 0 radical (unpaired) electrons. The number of thioether (sulfide) groups is 1. The molecule has 7 heteroatoms. The molecule has 0 spiro atoms. The Hall–Kier alpha value is -2.41. The standard InChI is InChI=1S/C24H28N2O4S/c1-4-31-19-11-7-10-18(27)21(19)22(28)16-12-13-17-20(14(16)2)23(29)26(24(30)25(17)3)15-8-5-6-9-15/h12-13,15H,4-11H2,1-3H3. The monoisotopic (exact) mass is 440 g/mol. The Labute approximate surface area is 185 Å². The van der Waals surface area contributed by atoms with Crippen LogP contribution in [0.25, 0.3) is 10.9 Å². The second kappa shape index (κ2) is 8.61. The second-order valence-corrected chi connectivity index (χ2v) is 9.78. The highest BCUT2D eigenvalue weighted by atomic mass is 32.2. The number of carbonyl (C=O) groups is 2. The highest BCUT2D eigenvalue weighted by molar-refractivity contribution is 8.03. The summed E-state index contributed by atoms with van der Waals surface area (Å²) in [7, 11) is 1.67. The van der Waals surface area contributed by atoms with Crippen LogP contribution < -0.4 is 11.2 Å². The molecule has 1 aromatic carbocycles. The van der Waals surface area contributed by atoms with E-state index in [4.69, 9.17) is 0 Å². The Balaban J connectivity index is 1.94. The van der Waals surface area contributed by atoms with Crippen LogP contribution in [0.1, 0.15) is 73.8 Å². The molecule has 0 atom stereocenters. The lowest BCUT2D eigenvalue weighted by atomic mass is 9.89. The van der Waals surface area contributed by atoms with Crippen LogP contribution in [0, 0.1) is 6.92 Å². The molecule has 6 nitrogen and oxygen atoms in total. The number of hydrogen-bond acceptors (Lipinski definition) is 5. The minimum absolute atomic E-state index is 0.0930. The number of Topliss-reactive ketones (excluding diaryl/α,β-unsaturated/α-hetero) is 2. The molecular formula is C24H28N2O4S. The second-order valence-electron chi connectivity index (χ2n) is 8.42. The molecule has 0 bridgehead atoms. The number of aryl methyl sites for hydroxylation is 2. The summed E-state index contributed by atoms with van der Waals surface area (Å²) in [6.07, 6.45) is 5.52. The average Bonchev–Trinajstić information content (AvgIpc) is 3.26. The fraction of sp³-hybridized carbons (Fsp3) is 0.500. The van der Waals surface area contributed by atoms with E-state index in [0.29, 0.717) is 28.5 Å². The van der Waals surface area contributed by atoms with Crippen molar-refractivity contribution < 1.29 is 9.59 Å². The fourth-order valence-electron chi connectivity index (χ4n) is 4.97.